The Hall–Kier alpha value is -6.42. The molecule has 1 saturated heterocycles. The quantitative estimate of drug-likeness (QED) is 0.0320. The number of amides is 4. The highest BCUT2D eigenvalue weighted by Gasteiger charge is 2.41. The Balaban J connectivity index is 0.805. The van der Waals surface area contributed by atoms with Crippen molar-refractivity contribution in [3.05, 3.63) is 87.9 Å². The summed E-state index contributed by atoms with van der Waals surface area (Å²) in [5.74, 6) is -1.51. The summed E-state index contributed by atoms with van der Waals surface area (Å²) in [6.07, 6.45) is -0.249. The molecule has 0 aromatic heterocycles. The lowest BCUT2D eigenvalue weighted by atomic mass is 9.88. The van der Waals surface area contributed by atoms with Gasteiger partial charge in [-0.1, -0.05) is 18.2 Å². The monoisotopic (exact) mass is 1020 g/mol. The smallest absolute Gasteiger partial charge is 0.407 e. The molecule has 2 aromatic rings. The SMILES string of the molecule is [2H]CC1OC(N2C=C(C)C(NCCCOCCOCCOCCCNC(=O)OCCN(C)C(=O)c3ccccc3-c3c4cc(C)c(=NCC)cc-4oc4cc(C)c(C)cc34)NC2=O)CC1OC(=O)COCC(=O)O. The second kappa shape index (κ2) is 27.6. The number of esters is 1. The zero-order valence-corrected chi connectivity index (χ0v) is 42.6. The fourth-order valence-electron chi connectivity index (χ4n) is 8.28. The van der Waals surface area contributed by atoms with Gasteiger partial charge in [0.2, 0.25) is 0 Å². The van der Waals surface area contributed by atoms with Crippen LogP contribution in [-0.4, -0.2) is 162 Å². The highest BCUT2D eigenvalue weighted by Crippen LogP contribution is 2.42. The molecule has 4 N–H and O–H groups in total. The lowest BCUT2D eigenvalue weighted by molar-refractivity contribution is -0.159. The lowest BCUT2D eigenvalue weighted by Gasteiger charge is -2.34. The van der Waals surface area contributed by atoms with E-state index < -0.39 is 61.9 Å². The van der Waals surface area contributed by atoms with Crippen LogP contribution in [0.25, 0.3) is 33.4 Å². The summed E-state index contributed by atoms with van der Waals surface area (Å²) in [7, 11) is 1.69. The number of likely N-dealkylation sites (N-methyl/N-ethyl adjacent to an activating group) is 1. The third-order valence-electron chi connectivity index (χ3n) is 12.2. The molecule has 2 aromatic carbocycles. The number of urea groups is 1. The van der Waals surface area contributed by atoms with E-state index in [9.17, 15) is 24.0 Å². The van der Waals surface area contributed by atoms with Gasteiger partial charge in [-0.3, -0.25) is 20.0 Å². The normalized spacial score (nSPS) is 18.1. The summed E-state index contributed by atoms with van der Waals surface area (Å²) < 4.78 is 52.5. The van der Waals surface area contributed by atoms with E-state index in [2.05, 4.69) is 46.9 Å². The van der Waals surface area contributed by atoms with Crippen molar-refractivity contribution in [3.8, 4) is 22.5 Å². The molecule has 0 saturated carbocycles. The second-order valence-electron chi connectivity index (χ2n) is 17.8. The van der Waals surface area contributed by atoms with Gasteiger partial charge >= 0.3 is 24.1 Å². The van der Waals surface area contributed by atoms with Crippen LogP contribution in [0.5, 0.6) is 0 Å². The van der Waals surface area contributed by atoms with Crippen molar-refractivity contribution in [2.24, 2.45) is 4.99 Å². The maximum Gasteiger partial charge on any atom is 0.407 e. The van der Waals surface area contributed by atoms with E-state index in [1.807, 2.05) is 57.2 Å². The van der Waals surface area contributed by atoms with Crippen LogP contribution in [0.2, 0.25) is 0 Å². The first kappa shape index (κ1) is 54.4. The second-order valence-corrected chi connectivity index (χ2v) is 17.8. The molecule has 20 heteroatoms. The first-order valence-electron chi connectivity index (χ1n) is 25.3. The van der Waals surface area contributed by atoms with E-state index in [1.54, 1.807) is 18.1 Å². The van der Waals surface area contributed by atoms with Crippen molar-refractivity contribution in [1.29, 1.82) is 0 Å². The molecule has 20 nitrogen and oxygen atoms in total. The number of fused-ring (bicyclic) bond motifs is 2. The molecular formula is C53H70N6O14. The summed E-state index contributed by atoms with van der Waals surface area (Å²) in [5, 5.41) is 19.4. The molecular weight excluding hydrogens is 945 g/mol. The average Bonchev–Trinajstić information content (AvgIpc) is 3.77. The highest BCUT2D eigenvalue weighted by molar-refractivity contribution is 6.09. The van der Waals surface area contributed by atoms with E-state index in [1.165, 1.54) is 4.90 Å². The van der Waals surface area contributed by atoms with Crippen LogP contribution in [0.15, 0.2) is 69.7 Å². The molecule has 73 heavy (non-hydrogen) atoms. The average molecular weight is 1020 g/mol. The van der Waals surface area contributed by atoms with Crippen LogP contribution in [0.3, 0.4) is 0 Å². The summed E-state index contributed by atoms with van der Waals surface area (Å²) in [6, 6.07) is 15.4. The van der Waals surface area contributed by atoms with Crippen LogP contribution in [0.4, 0.5) is 9.59 Å². The first-order valence-corrected chi connectivity index (χ1v) is 24.6. The zero-order valence-electron chi connectivity index (χ0n) is 43.6. The molecule has 0 bridgehead atoms. The maximum atomic E-state index is 14.1. The zero-order chi connectivity index (χ0) is 53.1. The summed E-state index contributed by atoms with van der Waals surface area (Å²) in [4.78, 5) is 69.8. The number of ether oxygens (including phenoxy) is 7. The van der Waals surface area contributed by atoms with Gasteiger partial charge in [0.1, 0.15) is 49.7 Å². The third-order valence-corrected chi connectivity index (χ3v) is 12.2. The fraction of sp³-hybridized carbons (Fsp3) is 0.509. The number of alkyl carbamates (subject to hydrolysis) is 1. The Morgan fingerprint density at radius 3 is 2.33 bits per heavy atom. The standard InChI is InChI=1S/C53H70N6O14/c1-8-54-42-28-45-41(26-35(42)4)49(40-25-33(2)34(3)27-44(40)72-45)38-13-9-10-14-39(38)51(63)58(7)17-20-70-53(65)56-16-12-19-67-22-24-68-23-21-66-18-11-15-55-50-36(5)30-59(52(64)57-50)46-29-43(37(6)71-46)73-48(62)32-69-31-47(60)61/h9-10,13-14,25-28,30,37,43,46,50,55H,8,11-12,15-24,29,31-32H2,1-7H3,(H,56,65)(H,57,64)(H,60,61)/i6D. The van der Waals surface area contributed by atoms with Gasteiger partial charge in [0.05, 0.1) is 44.4 Å². The Morgan fingerprint density at radius 1 is 0.890 bits per heavy atom. The number of carbonyl (C=O) groups excluding carboxylic acids is 4. The summed E-state index contributed by atoms with van der Waals surface area (Å²) >= 11 is 0. The molecule has 0 spiro atoms. The molecule has 0 radical (unpaired) electrons. The number of carboxylic acid groups (broad SMARTS) is 1. The minimum Gasteiger partial charge on any atom is -0.480 e. The van der Waals surface area contributed by atoms with Gasteiger partial charge in [-0.05, 0) is 113 Å². The van der Waals surface area contributed by atoms with Crippen LogP contribution in [0, 0.1) is 20.8 Å². The van der Waals surface area contributed by atoms with Gasteiger partial charge in [0, 0.05) is 75.5 Å². The maximum absolute atomic E-state index is 14.1. The topological polar surface area (TPSA) is 238 Å². The Labute approximate surface area is 427 Å². The molecule has 3 aliphatic heterocycles. The molecule has 1 aliphatic carbocycles. The number of hydrogen-bond donors (Lipinski definition) is 4. The number of benzene rings is 3. The number of nitrogens with zero attached hydrogens (tertiary/aromatic N) is 3. The Kier molecular flexibility index (Phi) is 20.5. The number of rotatable bonds is 27. The van der Waals surface area contributed by atoms with Gasteiger partial charge in [-0.25, -0.2) is 19.2 Å². The van der Waals surface area contributed by atoms with Gasteiger partial charge in [-0.15, -0.1) is 0 Å². The summed E-state index contributed by atoms with van der Waals surface area (Å²) in [5.41, 5.74) is 7.87. The van der Waals surface area contributed by atoms with Gasteiger partial charge < -0.3 is 58.2 Å². The Bertz CT molecular complexity index is 2640. The van der Waals surface area contributed by atoms with Crippen LogP contribution < -0.4 is 21.3 Å². The number of carbonyl (C=O) groups is 5. The van der Waals surface area contributed by atoms with E-state index in [0.29, 0.717) is 83.4 Å². The van der Waals surface area contributed by atoms with E-state index in [4.69, 9.17) is 44.1 Å². The van der Waals surface area contributed by atoms with E-state index in [0.717, 1.165) is 55.3 Å². The highest BCUT2D eigenvalue weighted by atomic mass is 16.6. The number of carboxylic acids is 1. The first-order chi connectivity index (χ1) is 35.7. The van der Waals surface area contributed by atoms with Crippen molar-refractivity contribution >= 4 is 40.9 Å². The minimum absolute atomic E-state index is 0.0102. The predicted molar refractivity (Wildman–Crippen MR) is 270 cm³/mol. The minimum atomic E-state index is -1.22. The van der Waals surface area contributed by atoms with Crippen LogP contribution >= 0.6 is 0 Å². The Morgan fingerprint density at radius 2 is 1.60 bits per heavy atom. The number of hydrogen-bond acceptors (Lipinski definition) is 15. The summed E-state index contributed by atoms with van der Waals surface area (Å²) in [6.45, 7) is 12.8. The van der Waals surface area contributed by atoms with Crippen molar-refractivity contribution in [1.82, 2.24) is 25.8 Å². The predicted octanol–water partition coefficient (Wildman–Crippen LogP) is 5.67. The molecule has 6 rings (SSSR count). The van der Waals surface area contributed by atoms with Gasteiger partial charge in [0.15, 0.2) is 0 Å². The van der Waals surface area contributed by atoms with Crippen molar-refractivity contribution in [3.63, 3.8) is 0 Å². The molecule has 4 atom stereocenters. The number of aliphatic carboxylic acids is 1. The van der Waals surface area contributed by atoms with Gasteiger partial charge in [-0.2, -0.15) is 0 Å². The molecule has 4 unspecified atom stereocenters. The molecule has 396 valence electrons. The molecule has 3 heterocycles. The molecule has 4 aliphatic rings. The van der Waals surface area contributed by atoms with E-state index >= 15 is 0 Å². The molecule has 1 fully saturated rings. The van der Waals surface area contributed by atoms with Crippen LogP contribution in [-0.2, 0) is 42.7 Å². The van der Waals surface area contributed by atoms with Crippen molar-refractivity contribution < 1.29 is 68.0 Å². The lowest BCUT2D eigenvalue weighted by Crippen LogP contribution is -2.56. The van der Waals surface area contributed by atoms with Crippen molar-refractivity contribution in [2.45, 2.75) is 85.4 Å². The van der Waals surface area contributed by atoms with Crippen molar-refractivity contribution in [2.75, 3.05) is 92.7 Å². The fourth-order valence-corrected chi connectivity index (χ4v) is 8.28. The molecule has 4 amide bonds. The third kappa shape index (κ3) is 15.8. The van der Waals surface area contributed by atoms with Crippen LogP contribution in [0.1, 0.15) is 68.4 Å². The van der Waals surface area contributed by atoms with E-state index in [-0.39, 0.29) is 32.4 Å². The largest absolute Gasteiger partial charge is 0.480 e. The number of aryl methyl sites for hydroxylation is 3. The number of nitrogens with one attached hydrogen (secondary N) is 3. The van der Waals surface area contributed by atoms with Gasteiger partial charge in [0.25, 0.3) is 5.91 Å².